The molecule has 0 aliphatic carbocycles. The number of esters is 1. The third-order valence-electron chi connectivity index (χ3n) is 6.03. The highest BCUT2D eigenvalue weighted by molar-refractivity contribution is 5.95. The first-order valence-electron chi connectivity index (χ1n) is 14.1. The summed E-state index contributed by atoms with van der Waals surface area (Å²) in [6.07, 6.45) is 6.69. The Morgan fingerprint density at radius 1 is 1.02 bits per heavy atom. The number of fused-ring (bicyclic) bond motifs is 1. The molecule has 236 valence electrons. The van der Waals surface area contributed by atoms with E-state index < -0.39 is 5.97 Å². The van der Waals surface area contributed by atoms with Crippen molar-refractivity contribution in [1.29, 1.82) is 0 Å². The molecule has 12 heteroatoms. The van der Waals surface area contributed by atoms with Crippen LogP contribution < -0.4 is 16.5 Å². The topological polar surface area (TPSA) is 148 Å². The van der Waals surface area contributed by atoms with E-state index in [1.165, 1.54) is 19.0 Å². The van der Waals surface area contributed by atoms with Crippen molar-refractivity contribution in [3.8, 4) is 12.3 Å². The van der Waals surface area contributed by atoms with E-state index in [9.17, 15) is 9.59 Å². The van der Waals surface area contributed by atoms with Gasteiger partial charge in [-0.25, -0.2) is 10.6 Å². The molecule has 1 aromatic rings. The average Bonchev–Trinajstić information content (AvgIpc) is 2.98. The largest absolute Gasteiger partial charge is 0.465 e. The first-order chi connectivity index (χ1) is 20.3. The second-order valence-corrected chi connectivity index (χ2v) is 9.11. The van der Waals surface area contributed by atoms with Gasteiger partial charge in [-0.2, -0.15) is 0 Å². The lowest BCUT2D eigenvalue weighted by atomic mass is 9.86. The summed E-state index contributed by atoms with van der Waals surface area (Å²) in [5.74, 6) is 8.21. The Hall–Kier alpha value is -3.18. The summed E-state index contributed by atoms with van der Waals surface area (Å²) >= 11 is 0. The Bertz CT molecular complexity index is 1010. The van der Waals surface area contributed by atoms with Crippen molar-refractivity contribution in [3.63, 3.8) is 0 Å². The zero-order chi connectivity index (χ0) is 31.3. The van der Waals surface area contributed by atoms with E-state index in [1.807, 2.05) is 20.8 Å². The third-order valence-corrected chi connectivity index (χ3v) is 6.03. The van der Waals surface area contributed by atoms with Crippen molar-refractivity contribution in [3.05, 3.63) is 41.2 Å². The van der Waals surface area contributed by atoms with E-state index >= 15 is 0 Å². The van der Waals surface area contributed by atoms with Crippen molar-refractivity contribution < 1.29 is 38.0 Å². The summed E-state index contributed by atoms with van der Waals surface area (Å²) in [4.78, 5) is 26.1. The number of ether oxygens (including phenoxy) is 6. The molecule has 0 spiro atoms. The van der Waals surface area contributed by atoms with Crippen LogP contribution in [-0.4, -0.2) is 96.6 Å². The van der Waals surface area contributed by atoms with Gasteiger partial charge in [0.2, 0.25) is 5.91 Å². The molecule has 0 radical (unpaired) electrons. The Balaban J connectivity index is 0.00000431. The molecule has 0 fully saturated rings. The molecule has 1 aliphatic heterocycles. The second-order valence-electron chi connectivity index (χ2n) is 9.11. The minimum Gasteiger partial charge on any atom is -0.465 e. The fraction of sp³-hybridized carbons (Fsp3) is 0.600. The van der Waals surface area contributed by atoms with Crippen LogP contribution in [0.5, 0.6) is 0 Å². The average molecular weight is 593 g/mol. The maximum atomic E-state index is 12.3. The number of terminal acetylenes is 1. The van der Waals surface area contributed by atoms with Gasteiger partial charge in [0.15, 0.2) is 0 Å². The fourth-order valence-electron chi connectivity index (χ4n) is 4.24. The number of methoxy groups -OCH3 is 1. The highest BCUT2D eigenvalue weighted by Gasteiger charge is 2.35. The normalized spacial score (nSPS) is 16.1. The molecule has 1 heterocycles. The summed E-state index contributed by atoms with van der Waals surface area (Å²) in [6, 6.07) is 4.76. The minimum absolute atomic E-state index is 0.0469. The van der Waals surface area contributed by atoms with Gasteiger partial charge in [0.1, 0.15) is 6.61 Å². The van der Waals surface area contributed by atoms with Gasteiger partial charge in [-0.15, -0.1) is 6.42 Å². The number of hydrazine groups is 1. The number of hydrogen-bond donors (Lipinski definition) is 2. The molecule has 12 nitrogen and oxygen atoms in total. The number of carbonyl (C=O) groups is 2. The van der Waals surface area contributed by atoms with Gasteiger partial charge in [0.25, 0.3) is 0 Å². The van der Waals surface area contributed by atoms with Gasteiger partial charge in [-0.05, 0) is 18.2 Å². The molecular formula is C30H48N4O8. The molecule has 0 saturated carbocycles. The first kappa shape index (κ1) is 36.8. The van der Waals surface area contributed by atoms with E-state index in [4.69, 9.17) is 46.4 Å². The van der Waals surface area contributed by atoms with Crippen molar-refractivity contribution in [1.82, 2.24) is 5.01 Å². The zero-order valence-electron chi connectivity index (χ0n) is 25.6. The van der Waals surface area contributed by atoms with Crippen LogP contribution in [-0.2, 0) is 33.2 Å². The molecule has 1 aromatic carbocycles. The van der Waals surface area contributed by atoms with Crippen LogP contribution in [0.1, 0.15) is 49.7 Å². The SMILES string of the molecule is C#CCOCCOCCOCCOCCOC/C(N)=C/N(N)[C@@H]1c2cc(C(=O)OC)ccc2N(C(C)=O)CC1C.CC. The quantitative estimate of drug-likeness (QED) is 0.0850. The molecule has 2 rings (SSSR count). The van der Waals surface area contributed by atoms with Crippen LogP contribution in [0.15, 0.2) is 30.1 Å². The number of hydrogen-bond acceptors (Lipinski definition) is 11. The minimum atomic E-state index is -0.470. The Morgan fingerprint density at radius 3 is 2.10 bits per heavy atom. The molecule has 1 unspecified atom stereocenters. The molecular weight excluding hydrogens is 544 g/mol. The summed E-state index contributed by atoms with van der Waals surface area (Å²) in [6.45, 7) is 11.9. The molecule has 1 amide bonds. The van der Waals surface area contributed by atoms with E-state index in [-0.39, 0.29) is 31.1 Å². The number of nitrogens with two attached hydrogens (primary N) is 2. The fourth-order valence-corrected chi connectivity index (χ4v) is 4.24. The number of amides is 1. The summed E-state index contributed by atoms with van der Waals surface area (Å²) in [7, 11) is 1.32. The van der Waals surface area contributed by atoms with E-state index in [0.717, 1.165) is 5.56 Å². The summed E-state index contributed by atoms with van der Waals surface area (Å²) < 4.78 is 31.8. The van der Waals surface area contributed by atoms with Crippen LogP contribution in [0, 0.1) is 18.3 Å². The molecule has 0 aromatic heterocycles. The molecule has 4 N–H and O–H groups in total. The predicted octanol–water partition coefficient (Wildman–Crippen LogP) is 2.24. The number of carbonyl (C=O) groups excluding carboxylic acids is 2. The van der Waals surface area contributed by atoms with Crippen molar-refractivity contribution in [2.24, 2.45) is 17.5 Å². The molecule has 42 heavy (non-hydrogen) atoms. The summed E-state index contributed by atoms with van der Waals surface area (Å²) in [5.41, 5.74) is 8.39. The van der Waals surface area contributed by atoms with Gasteiger partial charge < -0.3 is 44.1 Å². The van der Waals surface area contributed by atoms with E-state index in [0.29, 0.717) is 76.3 Å². The molecule has 1 aliphatic rings. The first-order valence-corrected chi connectivity index (χ1v) is 14.1. The van der Waals surface area contributed by atoms with E-state index in [1.54, 1.807) is 29.3 Å². The van der Waals surface area contributed by atoms with Crippen molar-refractivity contribution >= 4 is 17.6 Å². The lowest BCUT2D eigenvalue weighted by Crippen LogP contribution is -2.46. The Kier molecular flexibility index (Phi) is 18.9. The van der Waals surface area contributed by atoms with Crippen LogP contribution >= 0.6 is 0 Å². The van der Waals surface area contributed by atoms with Gasteiger partial charge in [0, 0.05) is 36.8 Å². The second kappa shape index (κ2) is 21.5. The smallest absolute Gasteiger partial charge is 0.337 e. The number of rotatable bonds is 18. The number of nitrogens with zero attached hydrogens (tertiary/aromatic N) is 2. The molecule has 2 atom stereocenters. The zero-order valence-corrected chi connectivity index (χ0v) is 25.6. The number of anilines is 1. The maximum Gasteiger partial charge on any atom is 0.337 e. The highest BCUT2D eigenvalue weighted by atomic mass is 16.6. The standard InChI is InChI=1S/C28H42N4O8.C2H6/c1-5-8-36-9-10-37-11-12-38-13-14-39-15-16-40-20-24(29)19-32(30)27-21(2)18-31(22(3)33)26-7-6-23(17-25(26)27)28(34)35-4;1-2/h1,6-7,17,19,21,27H,8-16,18,20,29-30H2,2-4H3;1-2H3/b24-19-;/t21?,27-;/m0./s1. The van der Waals surface area contributed by atoms with Crippen LogP contribution in [0.2, 0.25) is 0 Å². The monoisotopic (exact) mass is 592 g/mol. The number of benzene rings is 1. The lowest BCUT2D eigenvalue weighted by molar-refractivity contribution is -0.116. The highest BCUT2D eigenvalue weighted by Crippen LogP contribution is 2.40. The van der Waals surface area contributed by atoms with Crippen molar-refractivity contribution in [2.75, 3.05) is 84.6 Å². The third kappa shape index (κ3) is 12.8. The Labute approximate surface area is 250 Å². The van der Waals surface area contributed by atoms with Gasteiger partial charge >= 0.3 is 5.97 Å². The Morgan fingerprint density at radius 2 is 1.57 bits per heavy atom. The van der Waals surface area contributed by atoms with Crippen LogP contribution in [0.25, 0.3) is 0 Å². The maximum absolute atomic E-state index is 12.3. The molecule has 0 saturated heterocycles. The van der Waals surface area contributed by atoms with Crippen molar-refractivity contribution in [2.45, 2.75) is 33.7 Å². The van der Waals surface area contributed by atoms with E-state index in [2.05, 4.69) is 5.92 Å². The summed E-state index contributed by atoms with van der Waals surface area (Å²) in [5, 5.41) is 1.50. The van der Waals surface area contributed by atoms with Gasteiger partial charge in [0.05, 0.1) is 83.9 Å². The molecule has 0 bridgehead atoms. The predicted molar refractivity (Wildman–Crippen MR) is 160 cm³/mol. The van der Waals surface area contributed by atoms with Crippen LogP contribution in [0.3, 0.4) is 0 Å². The van der Waals surface area contributed by atoms with Gasteiger partial charge in [-0.1, -0.05) is 26.7 Å². The van der Waals surface area contributed by atoms with Crippen LogP contribution in [0.4, 0.5) is 5.69 Å². The lowest BCUT2D eigenvalue weighted by Gasteiger charge is -2.42. The van der Waals surface area contributed by atoms with Gasteiger partial charge in [-0.3, -0.25) is 4.79 Å².